The SMILES string of the molecule is Fc1cccc(-c2cc(Cl)cc3c2O[CH]C3)c1F. The van der Waals surface area contributed by atoms with Gasteiger partial charge in [-0.1, -0.05) is 23.7 Å². The van der Waals surface area contributed by atoms with E-state index in [1.54, 1.807) is 18.7 Å². The van der Waals surface area contributed by atoms with Crippen LogP contribution in [0.15, 0.2) is 30.3 Å². The summed E-state index contributed by atoms with van der Waals surface area (Å²) >= 11 is 5.98. The Morgan fingerprint density at radius 1 is 1.11 bits per heavy atom. The summed E-state index contributed by atoms with van der Waals surface area (Å²) in [6, 6.07) is 7.39. The van der Waals surface area contributed by atoms with Gasteiger partial charge in [-0.25, -0.2) is 8.78 Å². The quantitative estimate of drug-likeness (QED) is 0.743. The number of halogens is 3. The van der Waals surface area contributed by atoms with Gasteiger partial charge in [-0.3, -0.25) is 0 Å². The molecule has 91 valence electrons. The number of ether oxygens (including phenoxy) is 1. The van der Waals surface area contributed by atoms with Gasteiger partial charge in [-0.15, -0.1) is 0 Å². The van der Waals surface area contributed by atoms with E-state index in [4.69, 9.17) is 16.3 Å². The van der Waals surface area contributed by atoms with E-state index in [1.165, 1.54) is 12.1 Å². The topological polar surface area (TPSA) is 9.23 Å². The average molecular weight is 266 g/mol. The van der Waals surface area contributed by atoms with Crippen molar-refractivity contribution in [2.45, 2.75) is 6.42 Å². The Kier molecular flexibility index (Phi) is 2.71. The minimum Gasteiger partial charge on any atom is -0.485 e. The molecule has 0 spiro atoms. The zero-order valence-corrected chi connectivity index (χ0v) is 9.97. The molecule has 0 atom stereocenters. The molecule has 0 saturated carbocycles. The van der Waals surface area contributed by atoms with E-state index in [2.05, 4.69) is 0 Å². The van der Waals surface area contributed by atoms with Gasteiger partial charge in [0.15, 0.2) is 11.6 Å². The predicted octanol–water partition coefficient (Wildman–Crippen LogP) is 4.38. The van der Waals surface area contributed by atoms with Crippen molar-refractivity contribution in [1.82, 2.24) is 0 Å². The van der Waals surface area contributed by atoms with Crippen molar-refractivity contribution >= 4 is 11.6 Å². The molecule has 0 aliphatic carbocycles. The molecule has 18 heavy (non-hydrogen) atoms. The zero-order chi connectivity index (χ0) is 12.7. The summed E-state index contributed by atoms with van der Waals surface area (Å²) in [5, 5.41) is 0.478. The van der Waals surface area contributed by atoms with Crippen molar-refractivity contribution in [2.75, 3.05) is 0 Å². The van der Waals surface area contributed by atoms with E-state index in [1.807, 2.05) is 0 Å². The van der Waals surface area contributed by atoms with Crippen LogP contribution in [0.1, 0.15) is 5.56 Å². The van der Waals surface area contributed by atoms with E-state index in [-0.39, 0.29) is 5.56 Å². The molecule has 0 aromatic heterocycles. The highest BCUT2D eigenvalue weighted by Crippen LogP contribution is 2.41. The van der Waals surface area contributed by atoms with E-state index < -0.39 is 11.6 Å². The Hall–Kier alpha value is -1.61. The van der Waals surface area contributed by atoms with Gasteiger partial charge in [0.1, 0.15) is 12.4 Å². The molecule has 4 heteroatoms. The van der Waals surface area contributed by atoms with Crippen molar-refractivity contribution in [1.29, 1.82) is 0 Å². The first-order valence-corrected chi connectivity index (χ1v) is 5.80. The normalized spacial score (nSPS) is 13.3. The van der Waals surface area contributed by atoms with Crippen LogP contribution in [0.25, 0.3) is 11.1 Å². The molecular formula is C14H8ClF2O. The maximum atomic E-state index is 13.8. The van der Waals surface area contributed by atoms with E-state index in [0.717, 1.165) is 11.6 Å². The van der Waals surface area contributed by atoms with Gasteiger partial charge in [0.25, 0.3) is 0 Å². The molecule has 0 N–H and O–H groups in total. The van der Waals surface area contributed by atoms with Crippen LogP contribution in [0.3, 0.4) is 0 Å². The maximum Gasteiger partial charge on any atom is 0.166 e. The fraction of sp³-hybridized carbons (Fsp3) is 0.0714. The predicted molar refractivity (Wildman–Crippen MR) is 65.4 cm³/mol. The van der Waals surface area contributed by atoms with Crippen LogP contribution in [-0.4, -0.2) is 0 Å². The molecule has 1 aliphatic heterocycles. The fourth-order valence-electron chi connectivity index (χ4n) is 2.07. The highest BCUT2D eigenvalue weighted by molar-refractivity contribution is 6.31. The van der Waals surface area contributed by atoms with Crippen molar-refractivity contribution in [3.63, 3.8) is 0 Å². The molecule has 3 rings (SSSR count). The van der Waals surface area contributed by atoms with Crippen LogP contribution in [-0.2, 0) is 6.42 Å². The van der Waals surface area contributed by atoms with Crippen molar-refractivity contribution in [3.05, 3.63) is 59.2 Å². The van der Waals surface area contributed by atoms with Gasteiger partial charge < -0.3 is 4.74 Å². The lowest BCUT2D eigenvalue weighted by molar-refractivity contribution is 0.436. The van der Waals surface area contributed by atoms with Crippen LogP contribution in [0, 0.1) is 18.2 Å². The summed E-state index contributed by atoms with van der Waals surface area (Å²) in [6.45, 7) is 1.61. The molecule has 0 saturated heterocycles. The molecular weight excluding hydrogens is 258 g/mol. The largest absolute Gasteiger partial charge is 0.485 e. The van der Waals surface area contributed by atoms with Crippen LogP contribution >= 0.6 is 11.6 Å². The molecule has 1 nitrogen and oxygen atoms in total. The van der Waals surface area contributed by atoms with Gasteiger partial charge in [0, 0.05) is 28.1 Å². The summed E-state index contributed by atoms with van der Waals surface area (Å²) in [5.41, 5.74) is 1.51. The summed E-state index contributed by atoms with van der Waals surface area (Å²) in [5.74, 6) is -1.23. The summed E-state index contributed by atoms with van der Waals surface area (Å²) < 4.78 is 32.4. The molecule has 0 unspecified atom stereocenters. The first kappa shape index (κ1) is 11.5. The molecule has 2 aromatic carbocycles. The lowest BCUT2D eigenvalue weighted by Crippen LogP contribution is -1.92. The standard InChI is InChI=1S/C14H8ClF2O/c15-9-6-8-4-5-18-14(8)11(7-9)10-2-1-3-12(16)13(10)17/h1-3,5-7H,4H2. The Morgan fingerprint density at radius 3 is 2.78 bits per heavy atom. The van der Waals surface area contributed by atoms with Crippen molar-refractivity contribution < 1.29 is 13.5 Å². The smallest absolute Gasteiger partial charge is 0.166 e. The van der Waals surface area contributed by atoms with Crippen molar-refractivity contribution in [2.24, 2.45) is 0 Å². The third kappa shape index (κ3) is 1.75. The van der Waals surface area contributed by atoms with E-state index in [9.17, 15) is 8.78 Å². The minimum absolute atomic E-state index is 0.157. The number of hydrogen-bond acceptors (Lipinski definition) is 1. The number of fused-ring (bicyclic) bond motifs is 1. The summed E-state index contributed by atoms with van der Waals surface area (Å²) in [7, 11) is 0. The molecule has 0 fully saturated rings. The van der Waals surface area contributed by atoms with Gasteiger partial charge >= 0.3 is 0 Å². The maximum absolute atomic E-state index is 13.8. The summed E-state index contributed by atoms with van der Waals surface area (Å²) in [6.07, 6.45) is 0.611. The summed E-state index contributed by atoms with van der Waals surface area (Å²) in [4.78, 5) is 0. The van der Waals surface area contributed by atoms with Gasteiger partial charge in [-0.2, -0.15) is 0 Å². The lowest BCUT2D eigenvalue weighted by Gasteiger charge is -2.10. The van der Waals surface area contributed by atoms with Gasteiger partial charge in [-0.05, 0) is 18.2 Å². The highest BCUT2D eigenvalue weighted by Gasteiger charge is 2.21. The molecule has 0 bridgehead atoms. The zero-order valence-electron chi connectivity index (χ0n) is 9.21. The Labute approximate surface area is 108 Å². The van der Waals surface area contributed by atoms with E-state index >= 15 is 0 Å². The average Bonchev–Trinajstić information content (AvgIpc) is 2.79. The monoisotopic (exact) mass is 265 g/mol. The number of hydrogen-bond donors (Lipinski definition) is 0. The first-order valence-electron chi connectivity index (χ1n) is 5.42. The van der Waals surface area contributed by atoms with Crippen LogP contribution < -0.4 is 4.74 Å². The highest BCUT2D eigenvalue weighted by atomic mass is 35.5. The Morgan fingerprint density at radius 2 is 1.94 bits per heavy atom. The molecule has 1 radical (unpaired) electrons. The van der Waals surface area contributed by atoms with Crippen LogP contribution in [0.2, 0.25) is 5.02 Å². The second-order valence-electron chi connectivity index (χ2n) is 4.03. The third-order valence-electron chi connectivity index (χ3n) is 2.88. The Bertz CT molecular complexity index is 625. The Balaban J connectivity index is 2.26. The van der Waals surface area contributed by atoms with E-state index in [0.29, 0.717) is 22.8 Å². The number of rotatable bonds is 1. The molecule has 0 amide bonds. The fourth-order valence-corrected chi connectivity index (χ4v) is 2.31. The third-order valence-corrected chi connectivity index (χ3v) is 3.10. The molecule has 1 heterocycles. The van der Waals surface area contributed by atoms with Crippen LogP contribution in [0.4, 0.5) is 8.78 Å². The molecule has 2 aromatic rings. The second kappa shape index (κ2) is 4.25. The first-order chi connectivity index (χ1) is 8.66. The lowest BCUT2D eigenvalue weighted by atomic mass is 10.0. The van der Waals surface area contributed by atoms with Crippen LogP contribution in [0.5, 0.6) is 5.75 Å². The van der Waals surface area contributed by atoms with Crippen molar-refractivity contribution in [3.8, 4) is 16.9 Å². The minimum atomic E-state index is -0.891. The number of benzene rings is 2. The molecule has 1 aliphatic rings. The van der Waals surface area contributed by atoms with Gasteiger partial charge in [0.2, 0.25) is 0 Å². The van der Waals surface area contributed by atoms with Gasteiger partial charge in [0.05, 0.1) is 0 Å². The second-order valence-corrected chi connectivity index (χ2v) is 4.47.